The highest BCUT2D eigenvalue weighted by Gasteiger charge is 2.42. The zero-order chi connectivity index (χ0) is 36.5. The molecule has 0 N–H and O–H groups in total. The lowest BCUT2D eigenvalue weighted by molar-refractivity contribution is 0.794. The van der Waals surface area contributed by atoms with Crippen molar-refractivity contribution < 1.29 is 0 Å². The molecule has 3 heterocycles. The van der Waals surface area contributed by atoms with Gasteiger partial charge in [-0.1, -0.05) is 164 Å². The fraction of sp³-hybridized carbons (Fsp3) is 0.0392. The van der Waals surface area contributed by atoms with Gasteiger partial charge in [0.15, 0.2) is 0 Å². The van der Waals surface area contributed by atoms with E-state index < -0.39 is 5.41 Å². The number of para-hydroxylation sites is 2. The molecule has 0 saturated heterocycles. The van der Waals surface area contributed by atoms with Crippen molar-refractivity contribution in [3.8, 4) is 28.3 Å². The van der Waals surface area contributed by atoms with Gasteiger partial charge >= 0.3 is 0 Å². The van der Waals surface area contributed by atoms with Crippen molar-refractivity contribution in [2.45, 2.75) is 12.3 Å². The number of hydrogen-bond acceptors (Lipinski definition) is 3. The van der Waals surface area contributed by atoms with Gasteiger partial charge in [0, 0.05) is 21.7 Å². The second-order valence-corrected chi connectivity index (χ2v) is 14.5. The molecule has 0 radical (unpaired) electrons. The van der Waals surface area contributed by atoms with Gasteiger partial charge in [0.05, 0.1) is 39.1 Å². The Bertz CT molecular complexity index is 3140. The Labute approximate surface area is 318 Å². The second-order valence-electron chi connectivity index (χ2n) is 14.5. The number of hydrogen-bond donors (Lipinski definition) is 0. The molecular weight excluding hydrogens is 669 g/mol. The van der Waals surface area contributed by atoms with E-state index >= 15 is 0 Å². The van der Waals surface area contributed by atoms with Gasteiger partial charge in [0.25, 0.3) is 0 Å². The molecular formula is C51H34N4. The molecule has 4 nitrogen and oxygen atoms in total. The predicted molar refractivity (Wildman–Crippen MR) is 228 cm³/mol. The lowest BCUT2D eigenvalue weighted by Gasteiger charge is -2.29. The molecule has 0 aliphatic carbocycles. The van der Waals surface area contributed by atoms with Crippen molar-refractivity contribution >= 4 is 54.9 Å². The topological polar surface area (TPSA) is 43.1 Å². The quantitative estimate of drug-likeness (QED) is 0.179. The Morgan fingerprint density at radius 1 is 0.473 bits per heavy atom. The SMILES string of the molecule is CC1(c2ccccc2)C(c2ccccc2)=Nc2cc3c4ccccc4n(-c4nc(-c5ccc(-c6cccc7ccccc67)cc5)c5ccccc5n4)c3cc21. The van der Waals surface area contributed by atoms with E-state index in [4.69, 9.17) is 15.0 Å². The molecule has 1 aliphatic rings. The monoisotopic (exact) mass is 702 g/mol. The predicted octanol–water partition coefficient (Wildman–Crippen LogP) is 12.7. The highest BCUT2D eigenvalue weighted by molar-refractivity contribution is 6.18. The standard InChI is InChI=1S/C51H34N4/c1-51(37-19-6-3-7-20-37)43-32-47-42(31-45(43)52-49(51)36-16-4-2-5-17-36)40-22-11-13-26-46(40)55(47)50-53-44-25-12-10-23-41(44)48(54-50)35-29-27-34(28-30-35)39-24-14-18-33-15-8-9-21-38(33)39/h2-32H,1H3. The Morgan fingerprint density at radius 3 is 1.95 bits per heavy atom. The number of aliphatic imine (C=N–C) groups is 1. The number of aromatic nitrogens is 3. The van der Waals surface area contributed by atoms with Crippen LogP contribution in [0, 0.1) is 0 Å². The molecule has 0 saturated carbocycles. The van der Waals surface area contributed by atoms with Gasteiger partial charge in [-0.2, -0.15) is 0 Å². The molecule has 0 amide bonds. The van der Waals surface area contributed by atoms with Gasteiger partial charge < -0.3 is 0 Å². The summed E-state index contributed by atoms with van der Waals surface area (Å²) in [4.78, 5) is 16.1. The fourth-order valence-corrected chi connectivity index (χ4v) is 8.75. The van der Waals surface area contributed by atoms with Crippen molar-refractivity contribution in [1.29, 1.82) is 0 Å². The summed E-state index contributed by atoms with van der Waals surface area (Å²) in [5.41, 5.74) is 12.4. The van der Waals surface area contributed by atoms with Crippen molar-refractivity contribution in [1.82, 2.24) is 14.5 Å². The van der Waals surface area contributed by atoms with E-state index in [0.717, 1.165) is 60.9 Å². The van der Waals surface area contributed by atoms with Crippen LogP contribution in [0.4, 0.5) is 5.69 Å². The molecule has 2 aromatic heterocycles. The third-order valence-corrected chi connectivity index (χ3v) is 11.5. The van der Waals surface area contributed by atoms with Gasteiger partial charge in [0.1, 0.15) is 0 Å². The Morgan fingerprint density at radius 2 is 1.13 bits per heavy atom. The minimum atomic E-state index is -0.478. The maximum Gasteiger partial charge on any atom is 0.235 e. The van der Waals surface area contributed by atoms with Gasteiger partial charge in [-0.25, -0.2) is 9.97 Å². The number of rotatable bonds is 5. The van der Waals surface area contributed by atoms with Crippen LogP contribution in [-0.4, -0.2) is 20.2 Å². The smallest absolute Gasteiger partial charge is 0.235 e. The summed E-state index contributed by atoms with van der Waals surface area (Å²) in [5, 5.41) is 5.76. The van der Waals surface area contributed by atoms with Crippen LogP contribution in [0.5, 0.6) is 0 Å². The first-order valence-corrected chi connectivity index (χ1v) is 18.8. The van der Waals surface area contributed by atoms with E-state index in [1.165, 1.54) is 33.0 Å². The largest absolute Gasteiger partial charge is 0.278 e. The molecule has 1 aliphatic heterocycles. The maximum atomic E-state index is 5.44. The molecule has 0 fully saturated rings. The van der Waals surface area contributed by atoms with Crippen LogP contribution < -0.4 is 0 Å². The average Bonchev–Trinajstić information content (AvgIpc) is 3.74. The molecule has 258 valence electrons. The van der Waals surface area contributed by atoms with Crippen molar-refractivity contribution in [2.75, 3.05) is 0 Å². The molecule has 0 spiro atoms. The Kier molecular flexibility index (Phi) is 6.95. The van der Waals surface area contributed by atoms with Gasteiger partial charge in [-0.3, -0.25) is 9.56 Å². The summed E-state index contributed by atoms with van der Waals surface area (Å²) in [6.45, 7) is 2.31. The second kappa shape index (κ2) is 12.2. The zero-order valence-corrected chi connectivity index (χ0v) is 30.2. The summed E-state index contributed by atoms with van der Waals surface area (Å²) in [6.07, 6.45) is 0. The molecule has 1 unspecified atom stereocenters. The van der Waals surface area contributed by atoms with Crippen molar-refractivity contribution in [3.05, 3.63) is 205 Å². The van der Waals surface area contributed by atoms with Crippen LogP contribution in [0.1, 0.15) is 23.6 Å². The van der Waals surface area contributed by atoms with Crippen LogP contribution in [-0.2, 0) is 5.41 Å². The first kappa shape index (κ1) is 31.4. The summed E-state index contributed by atoms with van der Waals surface area (Å²) in [5.74, 6) is 0.640. The van der Waals surface area contributed by atoms with Gasteiger partial charge in [-0.05, 0) is 69.8 Å². The number of nitrogens with zero attached hydrogens (tertiary/aromatic N) is 4. The summed E-state index contributed by atoms with van der Waals surface area (Å²) >= 11 is 0. The number of fused-ring (bicyclic) bond motifs is 6. The van der Waals surface area contributed by atoms with Gasteiger partial charge in [-0.15, -0.1) is 0 Å². The van der Waals surface area contributed by atoms with E-state index in [9.17, 15) is 0 Å². The normalized spacial score (nSPS) is 15.2. The summed E-state index contributed by atoms with van der Waals surface area (Å²) < 4.78 is 2.25. The first-order chi connectivity index (χ1) is 27.1. The minimum Gasteiger partial charge on any atom is -0.278 e. The van der Waals surface area contributed by atoms with E-state index in [1.54, 1.807) is 0 Å². The molecule has 1 atom stereocenters. The summed E-state index contributed by atoms with van der Waals surface area (Å²) in [7, 11) is 0. The Hall–Kier alpha value is -7.17. The molecule has 4 heteroatoms. The summed E-state index contributed by atoms with van der Waals surface area (Å²) in [6, 6.07) is 66.8. The van der Waals surface area contributed by atoms with E-state index in [2.05, 4.69) is 200 Å². The first-order valence-electron chi connectivity index (χ1n) is 18.8. The minimum absolute atomic E-state index is 0.478. The number of benzene rings is 8. The van der Waals surface area contributed by atoms with E-state index in [0.29, 0.717) is 5.95 Å². The van der Waals surface area contributed by atoms with Crippen LogP contribution in [0.3, 0.4) is 0 Å². The van der Waals surface area contributed by atoms with Crippen LogP contribution in [0.25, 0.3) is 71.8 Å². The molecule has 55 heavy (non-hydrogen) atoms. The molecule has 8 aromatic carbocycles. The molecule has 10 aromatic rings. The van der Waals surface area contributed by atoms with Crippen LogP contribution in [0.2, 0.25) is 0 Å². The van der Waals surface area contributed by atoms with Crippen LogP contribution in [0.15, 0.2) is 193 Å². The van der Waals surface area contributed by atoms with Gasteiger partial charge in [0.2, 0.25) is 5.95 Å². The van der Waals surface area contributed by atoms with Crippen molar-refractivity contribution in [3.63, 3.8) is 0 Å². The highest BCUT2D eigenvalue weighted by atomic mass is 15.2. The lowest BCUT2D eigenvalue weighted by atomic mass is 9.71. The molecule has 11 rings (SSSR count). The zero-order valence-electron chi connectivity index (χ0n) is 30.2. The Balaban J connectivity index is 1.13. The van der Waals surface area contributed by atoms with E-state index in [-0.39, 0.29) is 0 Å². The third kappa shape index (κ3) is 4.81. The molecule has 0 bridgehead atoms. The highest BCUT2D eigenvalue weighted by Crippen LogP contribution is 2.49. The van der Waals surface area contributed by atoms with Crippen LogP contribution >= 0.6 is 0 Å². The average molecular weight is 703 g/mol. The van der Waals surface area contributed by atoms with Crippen molar-refractivity contribution in [2.24, 2.45) is 4.99 Å². The lowest BCUT2D eigenvalue weighted by Crippen LogP contribution is -2.31. The van der Waals surface area contributed by atoms with E-state index in [1.807, 2.05) is 0 Å². The fourth-order valence-electron chi connectivity index (χ4n) is 8.75. The third-order valence-electron chi connectivity index (χ3n) is 11.5. The maximum absolute atomic E-state index is 5.44.